The Morgan fingerprint density at radius 2 is 0.829 bits per heavy atom. The van der Waals surface area contributed by atoms with Gasteiger partial charge in [0.2, 0.25) is 23.6 Å². The number of nitrogens with zero attached hydrogens (tertiary/aromatic N) is 2. The second-order valence-corrected chi connectivity index (χ2v) is 13.0. The van der Waals surface area contributed by atoms with E-state index >= 15 is 0 Å². The van der Waals surface area contributed by atoms with E-state index in [1.165, 1.54) is 9.80 Å². The zero-order chi connectivity index (χ0) is 28.2. The summed E-state index contributed by atoms with van der Waals surface area (Å²) in [5, 5.41) is 0. The summed E-state index contributed by atoms with van der Waals surface area (Å²) in [6.07, 6.45) is 14.4. The molecule has 4 amide bonds. The topological polar surface area (TPSA) is 127 Å². The average Bonchev–Trinajstić information content (AvgIpc) is 3.82. The predicted octanol–water partition coefficient (Wildman–Crippen LogP) is 1.13. The van der Waals surface area contributed by atoms with Gasteiger partial charge >= 0.3 is 11.9 Å². The molecule has 0 aromatic heterocycles. The highest BCUT2D eigenvalue weighted by atomic mass is 16.5. The Kier molecular flexibility index (Phi) is 5.51. The molecule has 10 heteroatoms. The second kappa shape index (κ2) is 8.97. The number of hydrogen-bond acceptors (Lipinski definition) is 8. The van der Waals surface area contributed by atoms with Crippen LogP contribution in [0.5, 0.6) is 0 Å². The van der Waals surface area contributed by atoms with Crippen LogP contribution in [0, 0.1) is 71.0 Å². The van der Waals surface area contributed by atoms with E-state index < -0.39 is 23.8 Å². The van der Waals surface area contributed by atoms with Gasteiger partial charge in [-0.1, -0.05) is 36.5 Å². The summed E-state index contributed by atoms with van der Waals surface area (Å²) >= 11 is 0. The van der Waals surface area contributed by atoms with Crippen molar-refractivity contribution in [3.63, 3.8) is 0 Å². The van der Waals surface area contributed by atoms with Crippen LogP contribution in [0.15, 0.2) is 36.5 Å². The van der Waals surface area contributed by atoms with Gasteiger partial charge in [-0.25, -0.2) is 0 Å². The number of allylic oxidation sites excluding steroid dienone is 6. The van der Waals surface area contributed by atoms with Crippen LogP contribution >= 0.6 is 0 Å². The molecule has 0 spiro atoms. The van der Waals surface area contributed by atoms with Crippen molar-refractivity contribution >= 4 is 35.6 Å². The monoisotopic (exact) mass is 560 g/mol. The lowest BCUT2D eigenvalue weighted by atomic mass is 9.83. The van der Waals surface area contributed by atoms with E-state index in [1.54, 1.807) is 0 Å². The number of hydrogen-bond donors (Lipinski definition) is 0. The first-order valence-corrected chi connectivity index (χ1v) is 14.9. The quantitative estimate of drug-likeness (QED) is 0.246. The van der Waals surface area contributed by atoms with Gasteiger partial charge in [0.05, 0.1) is 48.6 Å². The highest BCUT2D eigenvalue weighted by Gasteiger charge is 2.60. The first-order valence-electron chi connectivity index (χ1n) is 14.9. The smallest absolute Gasteiger partial charge is 0.310 e. The van der Waals surface area contributed by atoms with Gasteiger partial charge in [0.15, 0.2) is 0 Å². The van der Waals surface area contributed by atoms with Crippen molar-refractivity contribution in [3.8, 4) is 0 Å². The molecule has 0 aromatic rings. The van der Waals surface area contributed by atoms with E-state index in [4.69, 9.17) is 9.47 Å². The van der Waals surface area contributed by atoms with Gasteiger partial charge in [0, 0.05) is 0 Å². The summed E-state index contributed by atoms with van der Waals surface area (Å²) in [6, 6.07) is 0. The Morgan fingerprint density at radius 3 is 1.17 bits per heavy atom. The van der Waals surface area contributed by atoms with Gasteiger partial charge in [-0.15, -0.1) is 0 Å². The van der Waals surface area contributed by atoms with Gasteiger partial charge in [-0.2, -0.15) is 0 Å². The molecule has 12 unspecified atom stereocenters. The predicted molar refractivity (Wildman–Crippen MR) is 139 cm³/mol. The first kappa shape index (κ1) is 25.2. The normalized spacial score (nSPS) is 43.7. The second-order valence-electron chi connectivity index (χ2n) is 13.0. The van der Waals surface area contributed by atoms with Crippen LogP contribution in [-0.2, 0) is 38.2 Å². The fraction of sp³-hybridized carbons (Fsp3) is 0.613. The highest BCUT2D eigenvalue weighted by molar-refractivity contribution is 6.07. The Hall–Kier alpha value is -3.56. The minimum Gasteiger partial charge on any atom is -0.464 e. The lowest BCUT2D eigenvalue weighted by molar-refractivity contribution is -0.162. The third-order valence-corrected chi connectivity index (χ3v) is 11.2. The maximum absolute atomic E-state index is 13.2. The van der Waals surface area contributed by atoms with Crippen LogP contribution in [0.2, 0.25) is 0 Å². The van der Waals surface area contributed by atoms with E-state index in [-0.39, 0.29) is 109 Å². The third kappa shape index (κ3) is 3.48. The van der Waals surface area contributed by atoms with Crippen molar-refractivity contribution in [2.24, 2.45) is 71.0 Å². The lowest BCUT2D eigenvalue weighted by Crippen LogP contribution is -2.40. The van der Waals surface area contributed by atoms with Crippen LogP contribution < -0.4 is 0 Å². The van der Waals surface area contributed by atoms with E-state index in [0.717, 1.165) is 12.8 Å². The van der Waals surface area contributed by atoms with Gasteiger partial charge < -0.3 is 9.47 Å². The van der Waals surface area contributed by atoms with Gasteiger partial charge in [-0.3, -0.25) is 38.6 Å². The number of likely N-dealkylation sites (tertiary alicyclic amines) is 2. The van der Waals surface area contributed by atoms with Crippen molar-refractivity contribution in [1.29, 1.82) is 0 Å². The fourth-order valence-corrected chi connectivity index (χ4v) is 9.50. The van der Waals surface area contributed by atoms with E-state index in [9.17, 15) is 28.8 Å². The van der Waals surface area contributed by atoms with Crippen LogP contribution in [0.25, 0.3) is 0 Å². The zero-order valence-electron chi connectivity index (χ0n) is 22.5. The van der Waals surface area contributed by atoms with E-state index in [1.807, 2.05) is 36.5 Å². The first-order chi connectivity index (χ1) is 19.8. The lowest BCUT2D eigenvalue weighted by Gasteiger charge is -2.26. The van der Waals surface area contributed by atoms with Crippen LogP contribution in [0.4, 0.5) is 0 Å². The molecule has 8 rings (SSSR count). The fourth-order valence-electron chi connectivity index (χ4n) is 9.50. The number of rotatable bonds is 8. The SMILES string of the molecule is O=C(OCCN1C(=O)C2C3C=CC(C3)C2C1=O)C1C2C=CC(C2)C1C(=O)OCCN1C(=O)C2C3C=CC(C3)C2C1=O. The maximum Gasteiger partial charge on any atom is 0.310 e. The molecule has 3 saturated carbocycles. The number of amides is 4. The Labute approximate surface area is 236 Å². The number of carbonyl (C=O) groups is 6. The molecule has 0 N–H and O–H groups in total. The summed E-state index contributed by atoms with van der Waals surface area (Å²) in [6.45, 7) is -0.204. The Bertz CT molecular complexity index is 1210. The maximum atomic E-state index is 13.2. The molecule has 6 bridgehead atoms. The molecule has 0 aromatic carbocycles. The average molecular weight is 561 g/mol. The largest absolute Gasteiger partial charge is 0.464 e. The number of esters is 2. The van der Waals surface area contributed by atoms with Crippen LogP contribution in [-0.4, -0.2) is 71.7 Å². The summed E-state index contributed by atoms with van der Waals surface area (Å²) in [5.41, 5.74) is 0. The number of imide groups is 2. The van der Waals surface area contributed by atoms with E-state index in [2.05, 4.69) is 0 Å². The number of fused-ring (bicyclic) bond motifs is 12. The minimum absolute atomic E-state index is 0.0126. The van der Waals surface area contributed by atoms with Gasteiger partial charge in [0.1, 0.15) is 13.2 Å². The molecule has 0 radical (unpaired) electrons. The molecule has 2 aliphatic heterocycles. The van der Waals surface area contributed by atoms with Crippen molar-refractivity contribution in [3.05, 3.63) is 36.5 Å². The standard InChI is InChI=1S/C31H32N2O8/c34-26-20-14-1-2-15(11-14)21(20)27(35)32(26)7-9-40-30(38)24-18-5-6-19(13-18)25(24)31(39)41-10-8-33-28(36)22-16-3-4-17(12-16)23(22)29(33)37/h1-6,14-25H,7-13H2. The molecule has 8 aliphatic rings. The number of carbonyl (C=O) groups excluding carboxylic acids is 6. The molecular weight excluding hydrogens is 528 g/mol. The van der Waals surface area contributed by atoms with Crippen molar-refractivity contribution < 1.29 is 38.2 Å². The van der Waals surface area contributed by atoms with Crippen molar-refractivity contribution in [2.45, 2.75) is 19.3 Å². The van der Waals surface area contributed by atoms with Crippen molar-refractivity contribution in [1.82, 2.24) is 9.80 Å². The molecule has 214 valence electrons. The molecule has 2 heterocycles. The van der Waals surface area contributed by atoms with Gasteiger partial charge in [0.25, 0.3) is 0 Å². The molecule has 5 fully saturated rings. The summed E-state index contributed by atoms with van der Waals surface area (Å²) in [4.78, 5) is 80.4. The zero-order valence-corrected chi connectivity index (χ0v) is 22.5. The van der Waals surface area contributed by atoms with Crippen LogP contribution in [0.3, 0.4) is 0 Å². The molecule has 2 saturated heterocycles. The van der Waals surface area contributed by atoms with Crippen LogP contribution in [0.1, 0.15) is 19.3 Å². The molecule has 10 nitrogen and oxygen atoms in total. The Balaban J connectivity index is 0.856. The molecule has 12 atom stereocenters. The minimum atomic E-state index is -0.710. The Morgan fingerprint density at radius 1 is 0.537 bits per heavy atom. The summed E-state index contributed by atoms with van der Waals surface area (Å²) in [5.74, 6) is -4.20. The van der Waals surface area contributed by atoms with Gasteiger partial charge in [-0.05, 0) is 54.8 Å². The van der Waals surface area contributed by atoms with Crippen molar-refractivity contribution in [2.75, 3.05) is 26.3 Å². The third-order valence-electron chi connectivity index (χ3n) is 11.2. The summed E-state index contributed by atoms with van der Waals surface area (Å²) < 4.78 is 11.1. The molecule has 41 heavy (non-hydrogen) atoms. The number of ether oxygens (including phenoxy) is 2. The van der Waals surface area contributed by atoms with E-state index in [0.29, 0.717) is 6.42 Å². The summed E-state index contributed by atoms with van der Waals surface area (Å²) in [7, 11) is 0. The highest BCUT2D eigenvalue weighted by Crippen LogP contribution is 2.54. The molecule has 6 aliphatic carbocycles. The molecular formula is C31H32N2O8.